The van der Waals surface area contributed by atoms with E-state index in [4.69, 9.17) is 4.98 Å². The van der Waals surface area contributed by atoms with Crippen molar-refractivity contribution in [1.29, 1.82) is 0 Å². The van der Waals surface area contributed by atoms with Crippen LogP contribution in [0.3, 0.4) is 0 Å². The van der Waals surface area contributed by atoms with Crippen molar-refractivity contribution in [1.82, 2.24) is 4.98 Å². The summed E-state index contributed by atoms with van der Waals surface area (Å²) in [5, 5.41) is 6.25. The summed E-state index contributed by atoms with van der Waals surface area (Å²) < 4.78 is 0. The van der Waals surface area contributed by atoms with Gasteiger partial charge in [0.2, 0.25) is 0 Å². The number of aromatic nitrogens is 1. The maximum absolute atomic E-state index is 5.27. The number of pyridine rings is 1. The summed E-state index contributed by atoms with van der Waals surface area (Å²) in [5.41, 5.74) is 12.0. The van der Waals surface area contributed by atoms with Gasteiger partial charge < -0.3 is 0 Å². The second-order valence-corrected chi connectivity index (χ2v) is 11.6. The van der Waals surface area contributed by atoms with E-state index in [1.807, 2.05) is 0 Å². The molecule has 1 nitrogen and oxygen atoms in total. The summed E-state index contributed by atoms with van der Waals surface area (Å²) in [5.74, 6) is 0. The van der Waals surface area contributed by atoms with Crippen molar-refractivity contribution in [2.24, 2.45) is 0 Å². The predicted molar refractivity (Wildman–Crippen MR) is 190 cm³/mol. The molecule has 0 fully saturated rings. The molecule has 6 aromatic carbocycles. The first kappa shape index (κ1) is 27.6. The Morgan fingerprint density at radius 3 is 2.07 bits per heavy atom. The Kier molecular flexibility index (Phi) is 7.38. The Hall–Kier alpha value is -5.27. The maximum atomic E-state index is 5.27. The lowest BCUT2D eigenvalue weighted by Gasteiger charge is -2.18. The predicted octanol–water partition coefficient (Wildman–Crippen LogP) is 11.7. The molecule has 0 atom stereocenters. The number of fused-ring (bicyclic) bond motifs is 3. The summed E-state index contributed by atoms with van der Waals surface area (Å²) in [4.78, 5) is 5.27. The van der Waals surface area contributed by atoms with Crippen LogP contribution in [0.25, 0.3) is 60.3 Å². The Bertz CT molecular complexity index is 2230. The lowest BCUT2D eigenvalue weighted by Crippen LogP contribution is -2.00. The Balaban J connectivity index is 1.26. The van der Waals surface area contributed by atoms with Crippen LogP contribution in [0, 0.1) is 13.8 Å². The van der Waals surface area contributed by atoms with E-state index in [0.717, 1.165) is 23.2 Å². The van der Waals surface area contributed by atoms with E-state index in [-0.39, 0.29) is 0 Å². The zero-order chi connectivity index (χ0) is 30.0. The minimum absolute atomic E-state index is 0.822. The van der Waals surface area contributed by atoms with Crippen LogP contribution >= 0.6 is 0 Å². The highest BCUT2D eigenvalue weighted by molar-refractivity contribution is 5.96. The van der Waals surface area contributed by atoms with E-state index in [1.165, 1.54) is 65.9 Å². The lowest BCUT2D eigenvalue weighted by atomic mass is 9.89. The molecular formula is C43H35N. The number of rotatable bonds is 6. The van der Waals surface area contributed by atoms with Crippen molar-refractivity contribution in [3.8, 4) is 22.3 Å². The molecule has 7 rings (SSSR count). The van der Waals surface area contributed by atoms with Gasteiger partial charge in [0.05, 0.1) is 11.2 Å². The molecule has 0 saturated heterocycles. The molecular weight excluding hydrogens is 530 g/mol. The van der Waals surface area contributed by atoms with Gasteiger partial charge in [0.15, 0.2) is 0 Å². The number of hydrogen-bond acceptors (Lipinski definition) is 1. The van der Waals surface area contributed by atoms with Gasteiger partial charge in [-0.2, -0.15) is 0 Å². The van der Waals surface area contributed by atoms with Gasteiger partial charge in [0, 0.05) is 10.9 Å². The third kappa shape index (κ3) is 5.23. The summed E-state index contributed by atoms with van der Waals surface area (Å²) in [6.07, 6.45) is 7.48. The zero-order valence-corrected chi connectivity index (χ0v) is 25.5. The fourth-order valence-electron chi connectivity index (χ4n) is 6.39. The number of benzene rings is 6. The molecule has 1 aromatic heterocycles. The number of hydrogen-bond donors (Lipinski definition) is 0. The third-order valence-electron chi connectivity index (χ3n) is 8.73. The fraction of sp³-hybridized carbons (Fsp3) is 0.0930. The van der Waals surface area contributed by atoms with Gasteiger partial charge in [0.1, 0.15) is 0 Å². The molecule has 0 radical (unpaired) electrons. The minimum atomic E-state index is 0.822. The standard InChI is InChI=1S/C43H35N/c1-4-11-33(43-42(39-15-8-5-12-29(39)2)30(3)40-16-9-10-17-41(40)44-43)20-18-31-19-21-36-28-38(25-24-35(36)26-31)37-23-22-32-13-6-7-14-34(32)27-37/h4-17,19-28H,18H2,1-3H3/b11-4-,33-20+. The third-order valence-corrected chi connectivity index (χ3v) is 8.73. The Morgan fingerprint density at radius 1 is 0.636 bits per heavy atom. The van der Waals surface area contributed by atoms with Crippen LogP contribution in [0.1, 0.15) is 29.3 Å². The van der Waals surface area contributed by atoms with Crippen molar-refractivity contribution in [2.45, 2.75) is 27.2 Å². The number of para-hydroxylation sites is 1. The highest BCUT2D eigenvalue weighted by Crippen LogP contribution is 2.37. The molecule has 0 bridgehead atoms. The normalized spacial score (nSPS) is 12.1. The van der Waals surface area contributed by atoms with Crippen LogP contribution in [0.5, 0.6) is 0 Å². The number of allylic oxidation sites excluding steroid dienone is 4. The highest BCUT2D eigenvalue weighted by atomic mass is 14.7. The minimum Gasteiger partial charge on any atom is -0.247 e. The Labute approximate surface area is 259 Å². The topological polar surface area (TPSA) is 12.9 Å². The zero-order valence-electron chi connectivity index (χ0n) is 25.5. The van der Waals surface area contributed by atoms with Gasteiger partial charge in [0.25, 0.3) is 0 Å². The summed E-state index contributed by atoms with van der Waals surface area (Å²) in [7, 11) is 0. The van der Waals surface area contributed by atoms with E-state index in [1.54, 1.807) is 0 Å². The molecule has 0 aliphatic carbocycles. The van der Waals surface area contributed by atoms with E-state index >= 15 is 0 Å². The molecule has 7 aromatic rings. The smallest absolute Gasteiger partial charge is 0.0787 e. The van der Waals surface area contributed by atoms with Crippen LogP contribution in [0.4, 0.5) is 0 Å². The van der Waals surface area contributed by atoms with E-state index in [9.17, 15) is 0 Å². The second kappa shape index (κ2) is 11.8. The summed E-state index contributed by atoms with van der Waals surface area (Å²) >= 11 is 0. The summed E-state index contributed by atoms with van der Waals surface area (Å²) in [6.45, 7) is 6.50. The molecule has 0 saturated carbocycles. The van der Waals surface area contributed by atoms with Crippen LogP contribution in [-0.2, 0) is 6.42 Å². The SMILES string of the molecule is C/C=C\C(=C/Cc1ccc2cc(-c3ccc4ccccc4c3)ccc2c1)c1nc2ccccc2c(C)c1-c1ccccc1C. The van der Waals surface area contributed by atoms with E-state index in [2.05, 4.69) is 166 Å². The van der Waals surface area contributed by atoms with Crippen LogP contribution in [-0.4, -0.2) is 4.98 Å². The van der Waals surface area contributed by atoms with Gasteiger partial charge in [-0.1, -0.05) is 127 Å². The summed E-state index contributed by atoms with van der Waals surface area (Å²) in [6, 6.07) is 46.0. The second-order valence-electron chi connectivity index (χ2n) is 11.6. The first-order valence-electron chi connectivity index (χ1n) is 15.4. The van der Waals surface area contributed by atoms with Crippen molar-refractivity contribution < 1.29 is 0 Å². The van der Waals surface area contributed by atoms with Crippen molar-refractivity contribution in [3.05, 3.63) is 168 Å². The molecule has 1 heterocycles. The van der Waals surface area contributed by atoms with Gasteiger partial charge >= 0.3 is 0 Å². The van der Waals surface area contributed by atoms with Gasteiger partial charge in [-0.3, -0.25) is 0 Å². The number of nitrogens with zero attached hydrogens (tertiary/aromatic N) is 1. The van der Waals surface area contributed by atoms with Gasteiger partial charge in [-0.05, 0) is 106 Å². The lowest BCUT2D eigenvalue weighted by molar-refractivity contribution is 1.26. The van der Waals surface area contributed by atoms with Gasteiger partial charge in [-0.15, -0.1) is 0 Å². The van der Waals surface area contributed by atoms with Crippen LogP contribution < -0.4 is 0 Å². The average Bonchev–Trinajstić information content (AvgIpc) is 3.06. The molecule has 0 aliphatic rings. The Morgan fingerprint density at radius 2 is 1.27 bits per heavy atom. The largest absolute Gasteiger partial charge is 0.247 e. The van der Waals surface area contributed by atoms with Gasteiger partial charge in [-0.25, -0.2) is 4.98 Å². The molecule has 0 N–H and O–H groups in total. The van der Waals surface area contributed by atoms with E-state index < -0.39 is 0 Å². The fourth-order valence-corrected chi connectivity index (χ4v) is 6.39. The highest BCUT2D eigenvalue weighted by Gasteiger charge is 2.17. The molecule has 212 valence electrons. The average molecular weight is 566 g/mol. The maximum Gasteiger partial charge on any atom is 0.0787 e. The molecule has 44 heavy (non-hydrogen) atoms. The van der Waals surface area contributed by atoms with Crippen molar-refractivity contribution in [2.75, 3.05) is 0 Å². The van der Waals surface area contributed by atoms with Crippen LogP contribution in [0.15, 0.2) is 146 Å². The quantitative estimate of drug-likeness (QED) is 0.183. The van der Waals surface area contributed by atoms with Crippen molar-refractivity contribution >= 4 is 38.0 Å². The molecule has 0 aliphatic heterocycles. The van der Waals surface area contributed by atoms with Crippen LogP contribution in [0.2, 0.25) is 0 Å². The number of aryl methyl sites for hydroxylation is 2. The molecule has 0 amide bonds. The molecule has 0 unspecified atom stereocenters. The molecule has 0 spiro atoms. The first-order chi connectivity index (χ1) is 21.6. The first-order valence-corrected chi connectivity index (χ1v) is 15.4. The molecule has 1 heteroatoms. The monoisotopic (exact) mass is 565 g/mol. The van der Waals surface area contributed by atoms with E-state index in [0.29, 0.717) is 0 Å². The van der Waals surface area contributed by atoms with Crippen molar-refractivity contribution in [3.63, 3.8) is 0 Å².